The molecule has 4 heterocycles. The van der Waals surface area contributed by atoms with Gasteiger partial charge in [-0.05, 0) is 108 Å². The zero-order valence-corrected chi connectivity index (χ0v) is 32.9. The molecule has 3 fully saturated rings. The zero-order valence-electron chi connectivity index (χ0n) is 32.9. The molecule has 11 heteroatoms. The summed E-state index contributed by atoms with van der Waals surface area (Å²) in [6, 6.07) is 31.1. The summed E-state index contributed by atoms with van der Waals surface area (Å²) in [5, 5.41) is 15.8. The normalized spacial score (nSPS) is 22.7. The molecule has 11 nitrogen and oxygen atoms in total. The van der Waals surface area contributed by atoms with E-state index in [9.17, 15) is 24.3 Å². The molecule has 3 saturated heterocycles. The molecule has 0 bridgehead atoms. The first-order chi connectivity index (χ1) is 28.3. The number of piperazine rings is 1. The second kappa shape index (κ2) is 16.3. The number of phenols is 1. The summed E-state index contributed by atoms with van der Waals surface area (Å²) >= 11 is 0. The highest BCUT2D eigenvalue weighted by Gasteiger charge is 2.39. The highest BCUT2D eigenvalue weighted by atomic mass is 16.3. The van der Waals surface area contributed by atoms with Crippen LogP contribution < -0.4 is 20.4 Å². The lowest BCUT2D eigenvalue weighted by Gasteiger charge is -2.37. The molecular formula is C47H52N6O5. The van der Waals surface area contributed by atoms with E-state index < -0.39 is 11.9 Å². The van der Waals surface area contributed by atoms with Gasteiger partial charge in [0, 0.05) is 94.1 Å². The molecule has 58 heavy (non-hydrogen) atoms. The number of fused-ring (bicyclic) bond motifs is 2. The van der Waals surface area contributed by atoms with E-state index in [1.54, 1.807) is 4.90 Å². The van der Waals surface area contributed by atoms with Crippen molar-refractivity contribution in [1.29, 1.82) is 0 Å². The topological polar surface area (TPSA) is 126 Å². The number of amides is 4. The molecule has 9 rings (SSSR count). The second-order valence-electron chi connectivity index (χ2n) is 16.6. The lowest BCUT2D eigenvalue weighted by atomic mass is 9.69. The van der Waals surface area contributed by atoms with Crippen molar-refractivity contribution in [3.05, 3.63) is 124 Å². The van der Waals surface area contributed by atoms with Gasteiger partial charge in [0.2, 0.25) is 17.7 Å². The molecule has 0 saturated carbocycles. The van der Waals surface area contributed by atoms with E-state index in [2.05, 4.69) is 86.0 Å². The lowest BCUT2D eigenvalue weighted by molar-refractivity contribution is -0.137. The number of carbonyl (C=O) groups excluding carboxylic acids is 4. The summed E-state index contributed by atoms with van der Waals surface area (Å²) in [5.41, 5.74) is 9.01. The van der Waals surface area contributed by atoms with Gasteiger partial charge in [0.05, 0.1) is 0 Å². The molecule has 4 aromatic carbocycles. The Morgan fingerprint density at radius 3 is 2.22 bits per heavy atom. The van der Waals surface area contributed by atoms with Crippen LogP contribution in [0.25, 0.3) is 0 Å². The number of aryl methyl sites for hydroxylation is 1. The largest absolute Gasteiger partial charge is 0.508 e. The average Bonchev–Trinajstić information content (AvgIpc) is 3.58. The van der Waals surface area contributed by atoms with Gasteiger partial charge in [-0.3, -0.25) is 29.4 Å². The first kappa shape index (κ1) is 37.9. The SMILES string of the molecule is O=C1CCC(N2Cc3cc(N4CCC(C(=O)NCCN5CCN(c6ccc([C@@H]7c8ccc(O)cc8CC[C@@H]7c7ccccc7)cc6)CC5)CC4)ccc3C2=O)C(=O)N1. The number of piperidine rings is 2. The number of imide groups is 1. The number of aromatic hydroxyl groups is 1. The van der Waals surface area contributed by atoms with E-state index in [0.717, 1.165) is 82.7 Å². The molecule has 0 radical (unpaired) electrons. The minimum Gasteiger partial charge on any atom is -0.508 e. The Kier molecular flexibility index (Phi) is 10.6. The van der Waals surface area contributed by atoms with Crippen molar-refractivity contribution in [3.8, 4) is 5.75 Å². The monoisotopic (exact) mass is 780 g/mol. The molecule has 3 atom stereocenters. The van der Waals surface area contributed by atoms with Crippen LogP contribution in [0.15, 0.2) is 91.0 Å². The van der Waals surface area contributed by atoms with Crippen molar-refractivity contribution >= 4 is 35.0 Å². The second-order valence-corrected chi connectivity index (χ2v) is 16.6. The molecule has 4 aromatic rings. The summed E-state index contributed by atoms with van der Waals surface area (Å²) in [6.07, 6.45) is 4.13. The maximum absolute atomic E-state index is 13.2. The third kappa shape index (κ3) is 7.67. The van der Waals surface area contributed by atoms with Crippen LogP contribution in [0.3, 0.4) is 0 Å². The van der Waals surface area contributed by atoms with Crippen molar-refractivity contribution in [2.24, 2.45) is 5.92 Å². The quantitative estimate of drug-likeness (QED) is 0.199. The van der Waals surface area contributed by atoms with Crippen molar-refractivity contribution in [2.75, 3.05) is 62.2 Å². The predicted molar refractivity (Wildman–Crippen MR) is 223 cm³/mol. The molecule has 0 spiro atoms. The van der Waals surface area contributed by atoms with Gasteiger partial charge in [-0.2, -0.15) is 0 Å². The van der Waals surface area contributed by atoms with Crippen LogP contribution in [-0.4, -0.2) is 96.9 Å². The molecule has 1 aliphatic carbocycles. The predicted octanol–water partition coefficient (Wildman–Crippen LogP) is 5.17. The number of anilines is 2. The smallest absolute Gasteiger partial charge is 0.255 e. The van der Waals surface area contributed by atoms with Crippen LogP contribution in [-0.2, 0) is 27.3 Å². The standard InChI is InChI=1S/C47H52N6O5/c54-38-12-15-40-34(29-38)8-13-39(31-4-2-1-3-5-31)44(40)32-6-9-36(10-7-32)52-26-24-50(25-27-52)23-20-48-45(56)33-18-21-51(22-19-33)37-11-14-41-35(28-37)30-53(47(41)58)42-16-17-43(55)49-46(42)57/h1-7,9-12,14-15,28-29,33,39,42,44,54H,8,13,16-27,30H2,(H,48,56)(H,49,55,57)/t39-,42?,44+/m1/s1. The summed E-state index contributed by atoms with van der Waals surface area (Å²) in [6.45, 7) is 7.12. The van der Waals surface area contributed by atoms with Crippen LogP contribution in [0.2, 0.25) is 0 Å². The number of nitrogens with zero attached hydrogens (tertiary/aromatic N) is 4. The molecule has 4 amide bonds. The molecule has 1 unspecified atom stereocenters. The molecule has 3 N–H and O–H groups in total. The van der Waals surface area contributed by atoms with Crippen LogP contribution in [0.5, 0.6) is 5.75 Å². The van der Waals surface area contributed by atoms with Gasteiger partial charge < -0.3 is 25.1 Å². The third-order valence-electron chi connectivity index (χ3n) is 13.3. The molecular weight excluding hydrogens is 729 g/mol. The van der Waals surface area contributed by atoms with Crippen LogP contribution >= 0.6 is 0 Å². The van der Waals surface area contributed by atoms with Gasteiger partial charge in [-0.25, -0.2) is 0 Å². The van der Waals surface area contributed by atoms with Gasteiger partial charge >= 0.3 is 0 Å². The summed E-state index contributed by atoms with van der Waals surface area (Å²) < 4.78 is 0. The number of carbonyl (C=O) groups is 4. The Balaban J connectivity index is 0.728. The number of benzene rings is 4. The summed E-state index contributed by atoms with van der Waals surface area (Å²) in [5.74, 6) is 0.205. The molecule has 4 aliphatic heterocycles. The van der Waals surface area contributed by atoms with E-state index in [1.807, 2.05) is 30.3 Å². The molecule has 300 valence electrons. The van der Waals surface area contributed by atoms with Crippen LogP contribution in [0, 0.1) is 5.92 Å². The number of rotatable bonds is 9. The number of hydrogen-bond acceptors (Lipinski definition) is 8. The van der Waals surface area contributed by atoms with E-state index in [0.29, 0.717) is 36.7 Å². The Morgan fingerprint density at radius 1 is 0.724 bits per heavy atom. The van der Waals surface area contributed by atoms with Crippen molar-refractivity contribution in [3.63, 3.8) is 0 Å². The zero-order chi connectivity index (χ0) is 39.8. The Hall–Kier alpha value is -5.68. The number of nitrogens with one attached hydrogen (secondary N) is 2. The fourth-order valence-corrected chi connectivity index (χ4v) is 10.0. The number of phenolic OH excluding ortho intramolecular Hbond substituents is 1. The first-order valence-corrected chi connectivity index (χ1v) is 21.0. The van der Waals surface area contributed by atoms with E-state index in [-0.39, 0.29) is 36.0 Å². The van der Waals surface area contributed by atoms with E-state index in [1.165, 1.54) is 27.9 Å². The molecule has 5 aliphatic rings. The first-order valence-electron chi connectivity index (χ1n) is 21.0. The lowest BCUT2D eigenvalue weighted by Crippen LogP contribution is -2.52. The van der Waals surface area contributed by atoms with Crippen molar-refractivity contribution in [2.45, 2.75) is 62.9 Å². The Labute approximate surface area is 340 Å². The average molecular weight is 781 g/mol. The highest BCUT2D eigenvalue weighted by Crippen LogP contribution is 2.47. The molecule has 0 aromatic heterocycles. The highest BCUT2D eigenvalue weighted by molar-refractivity contribution is 6.05. The van der Waals surface area contributed by atoms with Crippen LogP contribution in [0.1, 0.15) is 82.1 Å². The van der Waals surface area contributed by atoms with Gasteiger partial charge in [0.1, 0.15) is 11.8 Å². The number of hydrogen-bond donors (Lipinski definition) is 3. The maximum Gasteiger partial charge on any atom is 0.255 e. The summed E-state index contributed by atoms with van der Waals surface area (Å²) in [4.78, 5) is 59.1. The van der Waals surface area contributed by atoms with Gasteiger partial charge in [-0.15, -0.1) is 0 Å². The van der Waals surface area contributed by atoms with Gasteiger partial charge in [0.25, 0.3) is 5.91 Å². The van der Waals surface area contributed by atoms with Crippen molar-refractivity contribution < 1.29 is 24.3 Å². The minimum atomic E-state index is -0.623. The van der Waals surface area contributed by atoms with Gasteiger partial charge in [0.15, 0.2) is 0 Å². The Morgan fingerprint density at radius 2 is 1.47 bits per heavy atom. The van der Waals surface area contributed by atoms with Gasteiger partial charge in [-0.1, -0.05) is 48.5 Å². The van der Waals surface area contributed by atoms with E-state index >= 15 is 0 Å². The Bertz CT molecular complexity index is 2180. The third-order valence-corrected chi connectivity index (χ3v) is 13.3. The van der Waals surface area contributed by atoms with Crippen LogP contribution in [0.4, 0.5) is 11.4 Å². The van der Waals surface area contributed by atoms with Crippen molar-refractivity contribution in [1.82, 2.24) is 20.4 Å². The maximum atomic E-state index is 13.2. The fourth-order valence-electron chi connectivity index (χ4n) is 10.0. The van der Waals surface area contributed by atoms with E-state index in [4.69, 9.17) is 0 Å². The fraction of sp³-hybridized carbons (Fsp3) is 0.404. The summed E-state index contributed by atoms with van der Waals surface area (Å²) in [7, 11) is 0. The minimum absolute atomic E-state index is 0.0210.